The summed E-state index contributed by atoms with van der Waals surface area (Å²) in [7, 11) is 0.299. The fourth-order valence-corrected chi connectivity index (χ4v) is 5.91. The number of anilines is 2. The zero-order valence-electron chi connectivity index (χ0n) is 16.9. The molecule has 0 saturated carbocycles. The average molecular weight is 493 g/mol. The molecule has 1 aliphatic rings. The SMILES string of the molecule is CC(C)C.COc1ccc(S(=O)N2Cc3cccc(N)c3-c3sc(Br)cc32)cc1. The largest absolute Gasteiger partial charge is 0.497 e. The third kappa shape index (κ3) is 4.85. The number of benzene rings is 2. The van der Waals surface area contributed by atoms with E-state index in [1.54, 1.807) is 18.4 Å². The molecule has 154 valence electrons. The Morgan fingerprint density at radius 3 is 2.45 bits per heavy atom. The van der Waals surface area contributed by atoms with Crippen molar-refractivity contribution >= 4 is 49.6 Å². The van der Waals surface area contributed by atoms with Crippen LogP contribution >= 0.6 is 27.3 Å². The normalized spacial score (nSPS) is 13.2. The summed E-state index contributed by atoms with van der Waals surface area (Å²) in [6, 6.07) is 15.2. The van der Waals surface area contributed by atoms with E-state index in [0.717, 1.165) is 47.7 Å². The van der Waals surface area contributed by atoms with Gasteiger partial charge in [-0.25, -0.2) is 4.21 Å². The fraction of sp³-hybridized carbons (Fsp3) is 0.273. The molecule has 2 N–H and O–H groups in total. The van der Waals surface area contributed by atoms with Crippen molar-refractivity contribution in [3.63, 3.8) is 0 Å². The summed E-state index contributed by atoms with van der Waals surface area (Å²) in [5, 5.41) is 0. The highest BCUT2D eigenvalue weighted by Crippen LogP contribution is 2.49. The van der Waals surface area contributed by atoms with E-state index in [2.05, 4.69) is 36.7 Å². The van der Waals surface area contributed by atoms with E-state index >= 15 is 0 Å². The maximum atomic E-state index is 13.2. The third-order valence-electron chi connectivity index (χ3n) is 4.14. The van der Waals surface area contributed by atoms with E-state index < -0.39 is 11.0 Å². The number of ether oxygens (including phenoxy) is 1. The first-order chi connectivity index (χ1) is 13.8. The first-order valence-corrected chi connectivity index (χ1v) is 12.0. The van der Waals surface area contributed by atoms with Gasteiger partial charge in [0.25, 0.3) is 0 Å². The van der Waals surface area contributed by atoms with Crippen LogP contribution < -0.4 is 14.8 Å². The number of thiophene rings is 1. The smallest absolute Gasteiger partial charge is 0.153 e. The first-order valence-electron chi connectivity index (χ1n) is 9.32. The number of nitrogens with zero attached hydrogens (tertiary/aromatic N) is 1. The predicted molar refractivity (Wildman–Crippen MR) is 128 cm³/mol. The molecule has 0 radical (unpaired) electrons. The molecular formula is C22H25BrN2O2S2. The van der Waals surface area contributed by atoms with Crippen molar-refractivity contribution in [2.75, 3.05) is 17.1 Å². The minimum atomic E-state index is -1.32. The second-order valence-corrected chi connectivity index (χ2v) is 11.2. The molecule has 0 saturated heterocycles. The Kier molecular flexibility index (Phi) is 7.03. The molecule has 2 aromatic carbocycles. The molecule has 0 fully saturated rings. The molecule has 4 rings (SSSR count). The van der Waals surface area contributed by atoms with Crippen LogP contribution in [0.2, 0.25) is 0 Å². The Bertz CT molecular complexity index is 1010. The van der Waals surface area contributed by atoms with Crippen molar-refractivity contribution in [1.29, 1.82) is 0 Å². The summed E-state index contributed by atoms with van der Waals surface area (Å²) in [4.78, 5) is 1.79. The van der Waals surface area contributed by atoms with Crippen LogP contribution in [-0.4, -0.2) is 11.3 Å². The predicted octanol–water partition coefficient (Wildman–Crippen LogP) is 6.47. The number of hydrogen-bond donors (Lipinski definition) is 1. The highest BCUT2D eigenvalue weighted by Gasteiger charge is 2.29. The van der Waals surface area contributed by atoms with Crippen LogP contribution in [0.1, 0.15) is 26.3 Å². The highest BCUT2D eigenvalue weighted by molar-refractivity contribution is 9.11. The van der Waals surface area contributed by atoms with Gasteiger partial charge in [-0.15, -0.1) is 11.3 Å². The van der Waals surface area contributed by atoms with E-state index in [-0.39, 0.29) is 0 Å². The van der Waals surface area contributed by atoms with Gasteiger partial charge in [-0.1, -0.05) is 32.9 Å². The van der Waals surface area contributed by atoms with Gasteiger partial charge in [-0.05, 0) is 63.8 Å². The molecule has 1 unspecified atom stereocenters. The number of methoxy groups -OCH3 is 1. The van der Waals surface area contributed by atoms with Crippen molar-refractivity contribution in [2.45, 2.75) is 32.2 Å². The van der Waals surface area contributed by atoms with Gasteiger partial charge < -0.3 is 10.5 Å². The standard InChI is InChI=1S/C18H15BrN2O2S2.C4H10/c1-23-12-5-7-13(8-6-12)25(22)21-10-11-3-2-4-14(20)17(11)18-15(21)9-16(19)24-18;1-4(2)3/h2-9H,10,20H2,1H3;4H,1-3H3. The Labute approximate surface area is 187 Å². The zero-order chi connectivity index (χ0) is 21.1. The number of halogens is 1. The molecule has 0 aliphatic carbocycles. The summed E-state index contributed by atoms with van der Waals surface area (Å²) in [5.74, 6) is 1.58. The van der Waals surface area contributed by atoms with E-state index in [0.29, 0.717) is 6.54 Å². The summed E-state index contributed by atoms with van der Waals surface area (Å²) >= 11 is 5.17. The van der Waals surface area contributed by atoms with Crippen molar-refractivity contribution < 1.29 is 8.95 Å². The quantitative estimate of drug-likeness (QED) is 0.426. The fourth-order valence-electron chi connectivity index (χ4n) is 2.95. The van der Waals surface area contributed by atoms with E-state index in [4.69, 9.17) is 10.5 Å². The van der Waals surface area contributed by atoms with Crippen LogP contribution in [0, 0.1) is 5.92 Å². The number of fused-ring (bicyclic) bond motifs is 3. The van der Waals surface area contributed by atoms with Crippen molar-refractivity contribution in [3.05, 3.63) is 57.9 Å². The van der Waals surface area contributed by atoms with Gasteiger partial charge in [0, 0.05) is 11.3 Å². The second-order valence-electron chi connectivity index (χ2n) is 7.34. The van der Waals surface area contributed by atoms with Gasteiger partial charge in [-0.3, -0.25) is 4.31 Å². The summed E-state index contributed by atoms with van der Waals surface area (Å²) in [5.41, 5.74) is 10.0. The second kappa shape index (κ2) is 9.32. The molecule has 0 amide bonds. The van der Waals surface area contributed by atoms with Gasteiger partial charge in [0.2, 0.25) is 0 Å². The van der Waals surface area contributed by atoms with Crippen LogP contribution in [0.5, 0.6) is 5.75 Å². The van der Waals surface area contributed by atoms with Crippen molar-refractivity contribution in [3.8, 4) is 16.2 Å². The molecule has 2 heterocycles. The van der Waals surface area contributed by atoms with Crippen LogP contribution in [0.25, 0.3) is 10.4 Å². The van der Waals surface area contributed by atoms with Gasteiger partial charge in [0.1, 0.15) is 5.75 Å². The summed E-state index contributed by atoms with van der Waals surface area (Å²) < 4.78 is 21.3. The average Bonchev–Trinajstić information content (AvgIpc) is 3.07. The number of nitrogens with two attached hydrogens (primary N) is 1. The molecule has 7 heteroatoms. The van der Waals surface area contributed by atoms with Gasteiger partial charge in [0.15, 0.2) is 11.0 Å². The van der Waals surface area contributed by atoms with Crippen molar-refractivity contribution in [2.24, 2.45) is 5.92 Å². The summed E-state index contributed by atoms with van der Waals surface area (Å²) in [6.07, 6.45) is 0. The lowest BCUT2D eigenvalue weighted by atomic mass is 10.00. The maximum Gasteiger partial charge on any atom is 0.153 e. The number of nitrogen functional groups attached to an aromatic ring is 1. The van der Waals surface area contributed by atoms with Crippen LogP contribution in [0.4, 0.5) is 11.4 Å². The van der Waals surface area contributed by atoms with Crippen LogP contribution in [-0.2, 0) is 17.5 Å². The molecular weight excluding hydrogens is 468 g/mol. The Hall–Kier alpha value is -1.83. The van der Waals surface area contributed by atoms with Gasteiger partial charge in [-0.2, -0.15) is 0 Å². The molecule has 1 atom stereocenters. The molecule has 29 heavy (non-hydrogen) atoms. The first kappa shape index (κ1) is 21.9. The highest BCUT2D eigenvalue weighted by atomic mass is 79.9. The molecule has 4 nitrogen and oxygen atoms in total. The number of rotatable bonds is 3. The maximum absolute atomic E-state index is 13.2. The van der Waals surface area contributed by atoms with Crippen LogP contribution in [0.3, 0.4) is 0 Å². The lowest BCUT2D eigenvalue weighted by molar-refractivity contribution is 0.414. The van der Waals surface area contributed by atoms with Crippen molar-refractivity contribution in [1.82, 2.24) is 0 Å². The van der Waals surface area contributed by atoms with E-state index in [1.165, 1.54) is 0 Å². The van der Waals surface area contributed by atoms with E-state index in [9.17, 15) is 4.21 Å². The Morgan fingerprint density at radius 2 is 1.83 bits per heavy atom. The molecule has 0 bridgehead atoms. The number of hydrogen-bond acceptors (Lipinski definition) is 4. The van der Waals surface area contributed by atoms with E-state index in [1.807, 2.05) is 52.8 Å². The molecule has 1 aromatic heterocycles. The van der Waals surface area contributed by atoms with Gasteiger partial charge >= 0.3 is 0 Å². The summed E-state index contributed by atoms with van der Waals surface area (Å²) in [6.45, 7) is 7.05. The molecule has 0 spiro atoms. The monoisotopic (exact) mass is 492 g/mol. The Balaban J connectivity index is 0.000000552. The Morgan fingerprint density at radius 1 is 1.17 bits per heavy atom. The lowest BCUT2D eigenvalue weighted by Crippen LogP contribution is -2.28. The molecule has 1 aliphatic heterocycles. The van der Waals surface area contributed by atoms with Gasteiger partial charge in [0.05, 0.1) is 32.9 Å². The third-order valence-corrected chi connectivity index (χ3v) is 7.18. The van der Waals surface area contributed by atoms with Crippen LogP contribution in [0.15, 0.2) is 57.2 Å². The topological polar surface area (TPSA) is 55.6 Å². The zero-order valence-corrected chi connectivity index (χ0v) is 20.2. The minimum absolute atomic E-state index is 0.551. The minimum Gasteiger partial charge on any atom is -0.497 e. The molecule has 3 aromatic rings. The lowest BCUT2D eigenvalue weighted by Gasteiger charge is -2.30.